The van der Waals surface area contributed by atoms with Gasteiger partial charge in [-0.2, -0.15) is 0 Å². The van der Waals surface area contributed by atoms with Crippen molar-refractivity contribution in [3.63, 3.8) is 0 Å². The Morgan fingerprint density at radius 1 is 1.07 bits per heavy atom. The summed E-state index contributed by atoms with van der Waals surface area (Å²) in [4.78, 5) is 9.07. The molecule has 3 aromatic rings. The van der Waals surface area contributed by atoms with Crippen LogP contribution >= 0.6 is 23.2 Å². The topological polar surface area (TPSA) is 70.3 Å². The van der Waals surface area contributed by atoms with Gasteiger partial charge in [0.2, 0.25) is 0 Å². The maximum absolute atomic E-state index is 6.37. The van der Waals surface area contributed by atoms with Crippen LogP contribution in [0.4, 0.5) is 0 Å². The third-order valence-corrected chi connectivity index (χ3v) is 4.58. The number of ether oxygens (including phenoxy) is 2. The van der Waals surface area contributed by atoms with E-state index in [1.807, 2.05) is 34.6 Å². The fraction of sp³-hybridized carbons (Fsp3) is 0.350. The molecule has 0 radical (unpaired) electrons. The second-order valence-electron chi connectivity index (χ2n) is 5.70. The van der Waals surface area contributed by atoms with Gasteiger partial charge in [-0.05, 0) is 39.0 Å². The van der Waals surface area contributed by atoms with Crippen molar-refractivity contribution in [1.82, 2.24) is 15.1 Å². The second-order valence-corrected chi connectivity index (χ2v) is 6.47. The summed E-state index contributed by atoms with van der Waals surface area (Å²) in [6.45, 7) is 9.66. The highest BCUT2D eigenvalue weighted by Gasteiger charge is 2.20. The number of nitrogens with zero attached hydrogens (tertiary/aromatic N) is 3. The highest BCUT2D eigenvalue weighted by molar-refractivity contribution is 6.33. The summed E-state index contributed by atoms with van der Waals surface area (Å²) in [7, 11) is 1.55. The molecular weight excluding hydrogens is 401 g/mol. The van der Waals surface area contributed by atoms with Crippen molar-refractivity contribution >= 4 is 23.2 Å². The molecule has 2 aromatic heterocycles. The first-order valence-electron chi connectivity index (χ1n) is 8.81. The number of hydrogen-bond donors (Lipinski definition) is 0. The van der Waals surface area contributed by atoms with Crippen LogP contribution in [0.5, 0.6) is 5.75 Å². The minimum absolute atomic E-state index is 0.126. The summed E-state index contributed by atoms with van der Waals surface area (Å²) in [5, 5.41) is 4.82. The molecule has 0 spiro atoms. The molecule has 0 aliphatic carbocycles. The van der Waals surface area contributed by atoms with Crippen LogP contribution in [0.15, 0.2) is 22.7 Å². The van der Waals surface area contributed by atoms with Crippen molar-refractivity contribution in [1.29, 1.82) is 0 Å². The molecule has 0 atom stereocenters. The minimum Gasteiger partial charge on any atom is -0.468 e. The first kappa shape index (κ1) is 22.1. The first-order chi connectivity index (χ1) is 13.4. The molecule has 150 valence electrons. The van der Waals surface area contributed by atoms with Gasteiger partial charge >= 0.3 is 0 Å². The van der Waals surface area contributed by atoms with E-state index in [-0.39, 0.29) is 6.79 Å². The van der Waals surface area contributed by atoms with Crippen molar-refractivity contribution in [3.8, 4) is 28.4 Å². The Morgan fingerprint density at radius 3 is 2.39 bits per heavy atom. The fourth-order valence-electron chi connectivity index (χ4n) is 2.57. The zero-order valence-corrected chi connectivity index (χ0v) is 18.3. The highest BCUT2D eigenvalue weighted by Crippen LogP contribution is 2.35. The summed E-state index contributed by atoms with van der Waals surface area (Å²) < 4.78 is 15.7. The van der Waals surface area contributed by atoms with Crippen LogP contribution in [-0.4, -0.2) is 29.0 Å². The third-order valence-electron chi connectivity index (χ3n) is 3.88. The molecule has 0 N–H and O–H groups in total. The number of hydrogen-bond acceptors (Lipinski definition) is 6. The Hall–Kier alpha value is -2.15. The van der Waals surface area contributed by atoms with Crippen molar-refractivity contribution < 1.29 is 14.0 Å². The van der Waals surface area contributed by atoms with Gasteiger partial charge in [-0.25, -0.2) is 9.97 Å². The largest absolute Gasteiger partial charge is 0.468 e. The number of benzene rings is 1. The molecule has 0 saturated heterocycles. The number of aryl methyl sites for hydroxylation is 2. The lowest BCUT2D eigenvalue weighted by Crippen LogP contribution is -2.01. The third kappa shape index (κ3) is 4.63. The van der Waals surface area contributed by atoms with E-state index in [0.717, 1.165) is 16.8 Å². The molecule has 2 heterocycles. The number of methoxy groups -OCH3 is 1. The van der Waals surface area contributed by atoms with E-state index in [1.165, 1.54) is 0 Å². The van der Waals surface area contributed by atoms with Crippen molar-refractivity contribution in [3.05, 3.63) is 45.4 Å². The summed E-state index contributed by atoms with van der Waals surface area (Å²) in [6.07, 6.45) is 0. The predicted octanol–water partition coefficient (Wildman–Crippen LogP) is 6.04. The summed E-state index contributed by atoms with van der Waals surface area (Å²) >= 11 is 12.7. The Labute approximate surface area is 174 Å². The molecule has 28 heavy (non-hydrogen) atoms. The molecule has 6 nitrogen and oxygen atoms in total. The van der Waals surface area contributed by atoms with Crippen LogP contribution < -0.4 is 4.74 Å². The van der Waals surface area contributed by atoms with Gasteiger partial charge in [-0.3, -0.25) is 0 Å². The molecule has 0 amide bonds. The van der Waals surface area contributed by atoms with Crippen molar-refractivity contribution in [2.45, 2.75) is 34.6 Å². The van der Waals surface area contributed by atoms with Gasteiger partial charge in [0.25, 0.3) is 0 Å². The van der Waals surface area contributed by atoms with Crippen LogP contribution in [0, 0.1) is 20.8 Å². The van der Waals surface area contributed by atoms with Gasteiger partial charge in [0, 0.05) is 18.2 Å². The van der Waals surface area contributed by atoms with Gasteiger partial charge in [-0.15, -0.1) is 0 Å². The van der Waals surface area contributed by atoms with Crippen LogP contribution in [-0.2, 0) is 4.74 Å². The lowest BCUT2D eigenvalue weighted by atomic mass is 10.1. The zero-order valence-electron chi connectivity index (χ0n) is 16.8. The monoisotopic (exact) mass is 423 g/mol. The van der Waals surface area contributed by atoms with E-state index < -0.39 is 0 Å². The molecular formula is C20H23Cl2N3O3. The van der Waals surface area contributed by atoms with E-state index >= 15 is 0 Å². The van der Waals surface area contributed by atoms with E-state index in [4.69, 9.17) is 37.2 Å². The normalized spacial score (nSPS) is 10.4. The Bertz CT molecular complexity index is 939. The minimum atomic E-state index is 0.126. The molecule has 0 unspecified atom stereocenters. The van der Waals surface area contributed by atoms with Gasteiger partial charge in [0.05, 0.1) is 22.0 Å². The summed E-state index contributed by atoms with van der Waals surface area (Å²) in [6, 6.07) is 5.21. The fourth-order valence-corrected chi connectivity index (χ4v) is 2.94. The second kappa shape index (κ2) is 9.87. The van der Waals surface area contributed by atoms with Crippen molar-refractivity contribution in [2.24, 2.45) is 0 Å². The van der Waals surface area contributed by atoms with Gasteiger partial charge in [-0.1, -0.05) is 42.2 Å². The number of rotatable bonds is 5. The van der Waals surface area contributed by atoms with E-state index in [1.54, 1.807) is 25.3 Å². The van der Waals surface area contributed by atoms with E-state index in [9.17, 15) is 0 Å². The number of halogens is 2. The Kier molecular flexibility index (Phi) is 7.80. The molecule has 0 bridgehead atoms. The lowest BCUT2D eigenvalue weighted by molar-refractivity contribution is 0.0511. The molecule has 1 aromatic carbocycles. The molecule has 0 saturated carbocycles. The summed E-state index contributed by atoms with van der Waals surface area (Å²) in [5.41, 5.74) is 3.55. The maximum atomic E-state index is 6.37. The molecule has 8 heteroatoms. The Balaban J connectivity index is 0.00000136. The van der Waals surface area contributed by atoms with Crippen molar-refractivity contribution in [2.75, 3.05) is 13.9 Å². The quantitative estimate of drug-likeness (QED) is 0.367. The highest BCUT2D eigenvalue weighted by atomic mass is 35.5. The van der Waals surface area contributed by atoms with Gasteiger partial charge in [0.1, 0.15) is 16.7 Å². The standard InChI is InChI=1S/C18H17Cl2N3O3.C2H6/c1-9-16(15-10(2)23-26-11(15)3)21-18(22-17(9)20)13-7-12(25-8-24-4)5-6-14(13)19;1-2/h5-7H,8H2,1-4H3;1-2H3. The first-order valence-corrected chi connectivity index (χ1v) is 9.57. The SMILES string of the molecule is CC.COCOc1ccc(Cl)c(-c2nc(Cl)c(C)c(-c3c(C)noc3C)n2)c1. The van der Waals surface area contributed by atoms with E-state index in [2.05, 4.69) is 15.1 Å². The summed E-state index contributed by atoms with van der Waals surface area (Å²) in [5.74, 6) is 1.64. The average molecular weight is 424 g/mol. The van der Waals surface area contributed by atoms with E-state index in [0.29, 0.717) is 38.8 Å². The molecule has 3 rings (SSSR count). The predicted molar refractivity (Wildman–Crippen MR) is 111 cm³/mol. The van der Waals surface area contributed by atoms with Crippen LogP contribution in [0.2, 0.25) is 10.2 Å². The van der Waals surface area contributed by atoms with Crippen LogP contribution in [0.25, 0.3) is 22.6 Å². The molecule has 0 fully saturated rings. The Morgan fingerprint density at radius 2 is 1.79 bits per heavy atom. The molecule has 0 aliphatic rings. The molecule has 0 aliphatic heterocycles. The smallest absolute Gasteiger partial charge is 0.188 e. The van der Waals surface area contributed by atoms with Crippen LogP contribution in [0.1, 0.15) is 30.9 Å². The zero-order chi connectivity index (χ0) is 20.8. The van der Waals surface area contributed by atoms with Crippen LogP contribution in [0.3, 0.4) is 0 Å². The maximum Gasteiger partial charge on any atom is 0.188 e. The lowest BCUT2D eigenvalue weighted by Gasteiger charge is -2.12. The average Bonchev–Trinajstić information content (AvgIpc) is 3.03. The number of aromatic nitrogens is 3. The van der Waals surface area contributed by atoms with Gasteiger partial charge in [0.15, 0.2) is 12.6 Å². The van der Waals surface area contributed by atoms with Gasteiger partial charge < -0.3 is 14.0 Å².